The van der Waals surface area contributed by atoms with Crippen molar-refractivity contribution in [2.45, 2.75) is 22.2 Å². The van der Waals surface area contributed by atoms with Gasteiger partial charge < -0.3 is 4.74 Å². The highest BCUT2D eigenvalue weighted by atomic mass is 35.5. The zero-order chi connectivity index (χ0) is 18.8. The van der Waals surface area contributed by atoms with Gasteiger partial charge in [0.15, 0.2) is 5.16 Å². The van der Waals surface area contributed by atoms with Crippen molar-refractivity contribution < 1.29 is 4.74 Å². The molecule has 1 aliphatic heterocycles. The highest BCUT2D eigenvalue weighted by molar-refractivity contribution is 7.99. The first-order valence-corrected chi connectivity index (χ1v) is 10.8. The molecule has 0 fully saturated rings. The molecule has 1 aliphatic rings. The molecule has 2 heterocycles. The number of fused-ring (bicyclic) bond motifs is 1. The maximum absolute atomic E-state index is 13.2. The molecule has 0 radical (unpaired) electrons. The molecule has 0 bridgehead atoms. The second-order valence-corrected chi connectivity index (χ2v) is 8.51. The van der Waals surface area contributed by atoms with E-state index in [1.807, 2.05) is 48.5 Å². The Balaban J connectivity index is 1.76. The van der Waals surface area contributed by atoms with Crippen molar-refractivity contribution in [2.24, 2.45) is 0 Å². The Labute approximate surface area is 170 Å². The Morgan fingerprint density at radius 3 is 2.85 bits per heavy atom. The van der Waals surface area contributed by atoms with E-state index in [2.05, 4.69) is 0 Å². The Hall–Kier alpha value is -1.89. The molecule has 0 aliphatic carbocycles. The second kappa shape index (κ2) is 8.00. The lowest BCUT2D eigenvalue weighted by atomic mass is 10.2. The van der Waals surface area contributed by atoms with Crippen molar-refractivity contribution in [1.82, 2.24) is 9.55 Å². The standard InChI is InChI=1S/C20H17ClN2O2S2/c1-25-16-4-2-3-15(11-16)23-19(24)18-17(9-10-26-18)22-20(23)27-12-13-5-7-14(21)8-6-13/h2-8,11H,9-10,12H2,1H3. The first kappa shape index (κ1) is 18.5. The average Bonchev–Trinajstić information content (AvgIpc) is 3.16. The molecule has 4 rings (SSSR count). The molecule has 0 N–H and O–H groups in total. The molecule has 0 amide bonds. The minimum Gasteiger partial charge on any atom is -0.497 e. The maximum atomic E-state index is 13.2. The fraction of sp³-hybridized carbons (Fsp3) is 0.200. The Bertz CT molecular complexity index is 1040. The van der Waals surface area contributed by atoms with Gasteiger partial charge in [0.25, 0.3) is 5.56 Å². The summed E-state index contributed by atoms with van der Waals surface area (Å²) >= 11 is 9.11. The summed E-state index contributed by atoms with van der Waals surface area (Å²) in [4.78, 5) is 18.7. The van der Waals surface area contributed by atoms with Gasteiger partial charge in [-0.05, 0) is 29.8 Å². The van der Waals surface area contributed by atoms with Gasteiger partial charge in [-0.25, -0.2) is 4.98 Å². The fourth-order valence-corrected chi connectivity index (χ4v) is 5.03. The fourth-order valence-electron chi connectivity index (χ4n) is 2.89. The number of hydrogen-bond donors (Lipinski definition) is 0. The van der Waals surface area contributed by atoms with Crippen LogP contribution in [0.3, 0.4) is 0 Å². The van der Waals surface area contributed by atoms with E-state index in [1.54, 1.807) is 35.2 Å². The van der Waals surface area contributed by atoms with Crippen LogP contribution in [0.1, 0.15) is 11.3 Å². The van der Waals surface area contributed by atoms with Crippen LogP contribution in [0.4, 0.5) is 0 Å². The van der Waals surface area contributed by atoms with Gasteiger partial charge in [-0.15, -0.1) is 11.8 Å². The molecule has 7 heteroatoms. The van der Waals surface area contributed by atoms with Crippen molar-refractivity contribution >= 4 is 35.1 Å². The van der Waals surface area contributed by atoms with Gasteiger partial charge in [-0.2, -0.15) is 0 Å². The lowest BCUT2D eigenvalue weighted by Crippen LogP contribution is -2.23. The molecule has 0 atom stereocenters. The van der Waals surface area contributed by atoms with Crippen LogP contribution in [0.2, 0.25) is 5.02 Å². The van der Waals surface area contributed by atoms with E-state index in [0.29, 0.717) is 21.7 Å². The zero-order valence-electron chi connectivity index (χ0n) is 14.6. The van der Waals surface area contributed by atoms with Gasteiger partial charge in [0.1, 0.15) is 5.75 Å². The van der Waals surface area contributed by atoms with Crippen molar-refractivity contribution in [2.75, 3.05) is 12.9 Å². The number of nitrogens with zero attached hydrogens (tertiary/aromatic N) is 2. The van der Waals surface area contributed by atoms with Crippen LogP contribution in [-0.2, 0) is 12.2 Å². The third kappa shape index (κ3) is 3.88. The van der Waals surface area contributed by atoms with Crippen LogP contribution in [0, 0.1) is 0 Å². The van der Waals surface area contributed by atoms with Crippen molar-refractivity contribution in [3.8, 4) is 11.4 Å². The summed E-state index contributed by atoms with van der Waals surface area (Å²) < 4.78 is 7.02. The predicted molar refractivity (Wildman–Crippen MR) is 112 cm³/mol. The van der Waals surface area contributed by atoms with E-state index >= 15 is 0 Å². The molecule has 0 unspecified atom stereocenters. The lowest BCUT2D eigenvalue weighted by Gasteiger charge is -2.14. The van der Waals surface area contributed by atoms with Crippen LogP contribution in [0.5, 0.6) is 5.75 Å². The number of benzene rings is 2. The van der Waals surface area contributed by atoms with Crippen LogP contribution < -0.4 is 10.3 Å². The smallest absolute Gasteiger partial charge is 0.272 e. The zero-order valence-corrected chi connectivity index (χ0v) is 17.0. The van der Waals surface area contributed by atoms with Gasteiger partial charge in [0.2, 0.25) is 0 Å². The maximum Gasteiger partial charge on any atom is 0.272 e. The number of ether oxygens (including phenoxy) is 1. The molecule has 0 spiro atoms. The second-order valence-electron chi connectivity index (χ2n) is 6.03. The van der Waals surface area contributed by atoms with Crippen LogP contribution in [0.25, 0.3) is 5.69 Å². The molecular weight excluding hydrogens is 400 g/mol. The van der Waals surface area contributed by atoms with Crippen LogP contribution in [0.15, 0.2) is 63.4 Å². The first-order valence-electron chi connectivity index (χ1n) is 8.46. The number of aromatic nitrogens is 2. The molecule has 27 heavy (non-hydrogen) atoms. The van der Waals surface area contributed by atoms with Crippen LogP contribution in [-0.4, -0.2) is 22.4 Å². The number of thioether (sulfide) groups is 2. The van der Waals surface area contributed by atoms with E-state index in [-0.39, 0.29) is 5.56 Å². The molecule has 0 saturated heterocycles. The van der Waals surface area contributed by atoms with E-state index in [9.17, 15) is 4.79 Å². The van der Waals surface area contributed by atoms with E-state index in [4.69, 9.17) is 21.3 Å². The Kier molecular flexibility index (Phi) is 5.48. The number of halogens is 1. The molecule has 4 nitrogen and oxygen atoms in total. The van der Waals surface area contributed by atoms with Crippen LogP contribution >= 0.6 is 35.1 Å². The highest BCUT2D eigenvalue weighted by Crippen LogP contribution is 2.31. The van der Waals surface area contributed by atoms with Crippen molar-refractivity contribution in [3.63, 3.8) is 0 Å². The molecule has 3 aromatic rings. The van der Waals surface area contributed by atoms with E-state index in [1.165, 1.54) is 0 Å². The molecule has 138 valence electrons. The summed E-state index contributed by atoms with van der Waals surface area (Å²) in [5.74, 6) is 2.32. The number of methoxy groups -OCH3 is 1. The van der Waals surface area contributed by atoms with Gasteiger partial charge in [0.05, 0.1) is 23.4 Å². The third-order valence-electron chi connectivity index (χ3n) is 4.26. The largest absolute Gasteiger partial charge is 0.497 e. The quantitative estimate of drug-likeness (QED) is 0.440. The summed E-state index contributed by atoms with van der Waals surface area (Å²) in [5.41, 5.74) is 2.79. The van der Waals surface area contributed by atoms with Crippen molar-refractivity contribution in [3.05, 3.63) is 75.2 Å². The Morgan fingerprint density at radius 2 is 2.07 bits per heavy atom. The lowest BCUT2D eigenvalue weighted by molar-refractivity contribution is 0.414. The summed E-state index contributed by atoms with van der Waals surface area (Å²) in [7, 11) is 1.62. The van der Waals surface area contributed by atoms with Gasteiger partial charge >= 0.3 is 0 Å². The highest BCUT2D eigenvalue weighted by Gasteiger charge is 2.22. The average molecular weight is 417 g/mol. The third-order valence-corrected chi connectivity index (χ3v) is 6.63. The van der Waals surface area contributed by atoms with Gasteiger partial charge in [0, 0.05) is 29.0 Å². The van der Waals surface area contributed by atoms with Gasteiger partial charge in [-0.1, -0.05) is 41.6 Å². The SMILES string of the molecule is COc1cccc(-n2c(SCc3ccc(Cl)cc3)nc3c(c2=O)SCC3)c1. The van der Waals surface area contributed by atoms with Crippen molar-refractivity contribution in [1.29, 1.82) is 0 Å². The van der Waals surface area contributed by atoms with E-state index < -0.39 is 0 Å². The normalized spacial score (nSPS) is 12.8. The molecular formula is C20H17ClN2O2S2. The minimum absolute atomic E-state index is 0.00522. The summed E-state index contributed by atoms with van der Waals surface area (Å²) in [5, 5.41) is 1.41. The number of rotatable bonds is 5. The molecule has 0 saturated carbocycles. The number of aryl methyl sites for hydroxylation is 1. The Morgan fingerprint density at radius 1 is 1.26 bits per heavy atom. The van der Waals surface area contributed by atoms with E-state index in [0.717, 1.165) is 34.0 Å². The summed E-state index contributed by atoms with van der Waals surface area (Å²) in [6, 6.07) is 15.3. The summed E-state index contributed by atoms with van der Waals surface area (Å²) in [6.45, 7) is 0. The minimum atomic E-state index is -0.00522. The number of hydrogen-bond acceptors (Lipinski definition) is 5. The summed E-state index contributed by atoms with van der Waals surface area (Å²) in [6.07, 6.45) is 0.836. The van der Waals surface area contributed by atoms with Gasteiger partial charge in [-0.3, -0.25) is 9.36 Å². The first-order chi connectivity index (χ1) is 13.2. The molecule has 2 aromatic carbocycles. The molecule has 1 aromatic heterocycles. The predicted octanol–water partition coefficient (Wildman–Crippen LogP) is 4.84. The monoisotopic (exact) mass is 416 g/mol. The topological polar surface area (TPSA) is 44.1 Å².